The third kappa shape index (κ3) is 2.12. The van der Waals surface area contributed by atoms with Gasteiger partial charge in [-0.25, -0.2) is 0 Å². The molecule has 1 aromatic rings. The molecule has 0 saturated heterocycles. The van der Waals surface area contributed by atoms with Crippen molar-refractivity contribution < 1.29 is 9.47 Å². The Balaban J connectivity index is 1.32. The molecular weight excluding hydrogens is 238 g/mol. The molecule has 3 aliphatic rings. The molecule has 0 aromatic heterocycles. The summed E-state index contributed by atoms with van der Waals surface area (Å²) in [6.45, 7) is 2.39. The minimum atomic E-state index is 0.351. The van der Waals surface area contributed by atoms with E-state index in [1.54, 1.807) is 0 Å². The summed E-state index contributed by atoms with van der Waals surface area (Å²) >= 11 is 0. The molecular formula is C16H19NO2. The number of allylic oxidation sites excluding steroid dienone is 2. The third-order valence-corrected chi connectivity index (χ3v) is 4.59. The van der Waals surface area contributed by atoms with Crippen LogP contribution in [0, 0.1) is 17.8 Å². The Hall–Kier alpha value is -1.48. The molecule has 1 heterocycles. The number of hydrogen-bond acceptors (Lipinski definition) is 3. The predicted molar refractivity (Wildman–Crippen MR) is 73.1 cm³/mol. The van der Waals surface area contributed by atoms with Gasteiger partial charge in [0.15, 0.2) is 11.5 Å². The molecule has 4 rings (SSSR count). The van der Waals surface area contributed by atoms with Crippen LogP contribution < -0.4 is 14.8 Å². The SMILES string of the molecule is C1=C[C@H]2C[C@H]1C[C@H]2CNCc1ccc2c(c1)OCO2. The molecule has 1 saturated carbocycles. The van der Waals surface area contributed by atoms with Crippen LogP contribution in [0.2, 0.25) is 0 Å². The Bertz CT molecular complexity index is 511. The number of nitrogens with one attached hydrogen (secondary N) is 1. The van der Waals surface area contributed by atoms with Crippen LogP contribution in [-0.2, 0) is 6.54 Å². The summed E-state index contributed by atoms with van der Waals surface area (Å²) in [5, 5.41) is 3.59. The molecule has 0 unspecified atom stereocenters. The lowest BCUT2D eigenvalue weighted by molar-refractivity contribution is 0.174. The molecule has 0 amide bonds. The monoisotopic (exact) mass is 257 g/mol. The summed E-state index contributed by atoms with van der Waals surface area (Å²) in [6.07, 6.45) is 7.58. The maximum atomic E-state index is 5.40. The zero-order chi connectivity index (χ0) is 12.7. The van der Waals surface area contributed by atoms with Gasteiger partial charge >= 0.3 is 0 Å². The largest absolute Gasteiger partial charge is 0.454 e. The molecule has 3 atom stereocenters. The van der Waals surface area contributed by atoms with E-state index in [2.05, 4.69) is 29.6 Å². The Labute approximate surface area is 113 Å². The van der Waals surface area contributed by atoms with E-state index < -0.39 is 0 Å². The van der Waals surface area contributed by atoms with Crippen molar-refractivity contribution in [3.63, 3.8) is 0 Å². The van der Waals surface area contributed by atoms with Crippen molar-refractivity contribution in [2.24, 2.45) is 17.8 Å². The molecule has 0 spiro atoms. The zero-order valence-corrected chi connectivity index (χ0v) is 11.0. The predicted octanol–water partition coefficient (Wildman–Crippen LogP) is 2.72. The second-order valence-electron chi connectivity index (χ2n) is 5.86. The van der Waals surface area contributed by atoms with Crippen molar-refractivity contribution >= 4 is 0 Å². The highest BCUT2D eigenvalue weighted by Gasteiger charge is 2.34. The van der Waals surface area contributed by atoms with Gasteiger partial charge in [0.1, 0.15) is 0 Å². The van der Waals surface area contributed by atoms with E-state index in [1.165, 1.54) is 18.4 Å². The Kier molecular flexibility index (Phi) is 2.73. The maximum Gasteiger partial charge on any atom is 0.231 e. The smallest absolute Gasteiger partial charge is 0.231 e. The lowest BCUT2D eigenvalue weighted by atomic mass is 9.93. The van der Waals surface area contributed by atoms with Crippen molar-refractivity contribution in [2.75, 3.05) is 13.3 Å². The van der Waals surface area contributed by atoms with E-state index >= 15 is 0 Å². The van der Waals surface area contributed by atoms with Crippen LogP contribution in [0.15, 0.2) is 30.4 Å². The van der Waals surface area contributed by atoms with E-state index in [1.807, 2.05) is 6.07 Å². The van der Waals surface area contributed by atoms with Crippen LogP contribution >= 0.6 is 0 Å². The molecule has 1 fully saturated rings. The molecule has 3 nitrogen and oxygen atoms in total. The molecule has 19 heavy (non-hydrogen) atoms. The maximum absolute atomic E-state index is 5.40. The highest BCUT2D eigenvalue weighted by atomic mass is 16.7. The quantitative estimate of drug-likeness (QED) is 0.841. The van der Waals surface area contributed by atoms with Gasteiger partial charge in [-0.05, 0) is 54.8 Å². The van der Waals surface area contributed by atoms with Gasteiger partial charge in [-0.3, -0.25) is 0 Å². The van der Waals surface area contributed by atoms with Gasteiger partial charge < -0.3 is 14.8 Å². The molecule has 2 bridgehead atoms. The molecule has 1 N–H and O–H groups in total. The summed E-state index contributed by atoms with van der Waals surface area (Å²) in [5.74, 6) is 4.27. The second kappa shape index (κ2) is 4.57. The average molecular weight is 257 g/mol. The van der Waals surface area contributed by atoms with Gasteiger partial charge in [-0.2, -0.15) is 0 Å². The minimum absolute atomic E-state index is 0.351. The summed E-state index contributed by atoms with van der Waals surface area (Å²) in [5.41, 5.74) is 1.27. The van der Waals surface area contributed by atoms with Crippen molar-refractivity contribution in [1.29, 1.82) is 0 Å². The molecule has 1 aliphatic heterocycles. The first kappa shape index (κ1) is 11.4. The van der Waals surface area contributed by atoms with Crippen molar-refractivity contribution in [1.82, 2.24) is 5.32 Å². The Morgan fingerprint density at radius 2 is 2.05 bits per heavy atom. The van der Waals surface area contributed by atoms with Crippen molar-refractivity contribution in [3.05, 3.63) is 35.9 Å². The summed E-state index contributed by atoms with van der Waals surface area (Å²) in [4.78, 5) is 0. The van der Waals surface area contributed by atoms with Crippen LogP contribution in [0.25, 0.3) is 0 Å². The fourth-order valence-electron chi connectivity index (χ4n) is 3.58. The highest BCUT2D eigenvalue weighted by Crippen LogP contribution is 2.43. The molecule has 0 radical (unpaired) electrons. The Morgan fingerprint density at radius 1 is 1.11 bits per heavy atom. The van der Waals surface area contributed by atoms with E-state index in [-0.39, 0.29) is 0 Å². The van der Waals surface area contributed by atoms with E-state index in [0.717, 1.165) is 42.3 Å². The van der Waals surface area contributed by atoms with E-state index in [9.17, 15) is 0 Å². The van der Waals surface area contributed by atoms with Crippen LogP contribution in [0.1, 0.15) is 18.4 Å². The second-order valence-corrected chi connectivity index (χ2v) is 5.86. The van der Waals surface area contributed by atoms with Crippen LogP contribution in [-0.4, -0.2) is 13.3 Å². The van der Waals surface area contributed by atoms with E-state index in [4.69, 9.17) is 9.47 Å². The number of benzene rings is 1. The first-order valence-electron chi connectivity index (χ1n) is 7.16. The lowest BCUT2D eigenvalue weighted by Gasteiger charge is -2.18. The van der Waals surface area contributed by atoms with Crippen LogP contribution in [0.5, 0.6) is 11.5 Å². The normalized spacial score (nSPS) is 30.2. The van der Waals surface area contributed by atoms with Gasteiger partial charge in [-0.15, -0.1) is 0 Å². The molecule has 1 aromatic carbocycles. The van der Waals surface area contributed by atoms with Gasteiger partial charge in [0, 0.05) is 6.54 Å². The summed E-state index contributed by atoms with van der Waals surface area (Å²) < 4.78 is 10.7. The highest BCUT2D eigenvalue weighted by molar-refractivity contribution is 5.44. The number of ether oxygens (including phenoxy) is 2. The van der Waals surface area contributed by atoms with Crippen molar-refractivity contribution in [2.45, 2.75) is 19.4 Å². The van der Waals surface area contributed by atoms with Gasteiger partial charge in [0.05, 0.1) is 0 Å². The average Bonchev–Trinajstić information content (AvgIpc) is 3.14. The molecule has 3 heteroatoms. The van der Waals surface area contributed by atoms with Gasteiger partial charge in [0.2, 0.25) is 6.79 Å². The fourth-order valence-corrected chi connectivity index (χ4v) is 3.58. The van der Waals surface area contributed by atoms with Crippen LogP contribution in [0.4, 0.5) is 0 Å². The lowest BCUT2D eigenvalue weighted by Crippen LogP contribution is -2.25. The number of rotatable bonds is 4. The molecule has 100 valence electrons. The first-order valence-corrected chi connectivity index (χ1v) is 7.16. The van der Waals surface area contributed by atoms with Crippen molar-refractivity contribution in [3.8, 4) is 11.5 Å². The first-order chi connectivity index (χ1) is 9.38. The van der Waals surface area contributed by atoms with Gasteiger partial charge in [0.25, 0.3) is 0 Å². The zero-order valence-electron chi connectivity index (χ0n) is 11.0. The summed E-state index contributed by atoms with van der Waals surface area (Å²) in [7, 11) is 0. The van der Waals surface area contributed by atoms with Gasteiger partial charge in [-0.1, -0.05) is 18.2 Å². The van der Waals surface area contributed by atoms with E-state index in [0.29, 0.717) is 6.79 Å². The molecule has 2 aliphatic carbocycles. The minimum Gasteiger partial charge on any atom is -0.454 e. The Morgan fingerprint density at radius 3 is 2.89 bits per heavy atom. The summed E-state index contributed by atoms with van der Waals surface area (Å²) in [6, 6.07) is 6.19. The third-order valence-electron chi connectivity index (χ3n) is 4.59. The number of fused-ring (bicyclic) bond motifs is 3. The fraction of sp³-hybridized carbons (Fsp3) is 0.500. The standard InChI is InChI=1S/C16H19NO2/c1-3-13-5-11(1)6-14(13)9-17-8-12-2-4-15-16(7-12)19-10-18-15/h1-4,7,11,13-14,17H,5-6,8-10H2/t11-,13-,14-/m0/s1. The van der Waals surface area contributed by atoms with Crippen LogP contribution in [0.3, 0.4) is 0 Å². The number of hydrogen-bond donors (Lipinski definition) is 1. The topological polar surface area (TPSA) is 30.5 Å².